The third-order valence-electron chi connectivity index (χ3n) is 1.82. The van der Waals surface area contributed by atoms with Gasteiger partial charge < -0.3 is 15.4 Å². The lowest BCUT2D eigenvalue weighted by atomic mass is 10.2. The van der Waals surface area contributed by atoms with E-state index in [2.05, 4.69) is 10.6 Å². The van der Waals surface area contributed by atoms with Crippen LogP contribution < -0.4 is 10.6 Å². The largest absolute Gasteiger partial charge is 0.445 e. The summed E-state index contributed by atoms with van der Waals surface area (Å²) in [7, 11) is 0. The standard InChI is InChI=1S/C11H16N2O2/c1-2-12-9-13-11(14)15-8-10-6-4-3-5-7-10/h3-7,12H,2,8-9H2,1H3,(H,13,14). The predicted molar refractivity (Wildman–Crippen MR) is 58.3 cm³/mol. The molecule has 0 heterocycles. The van der Waals surface area contributed by atoms with Gasteiger partial charge in [0.15, 0.2) is 0 Å². The van der Waals surface area contributed by atoms with Crippen LogP contribution in [0.4, 0.5) is 4.79 Å². The van der Waals surface area contributed by atoms with Gasteiger partial charge >= 0.3 is 6.09 Å². The van der Waals surface area contributed by atoms with Crippen LogP contribution in [-0.4, -0.2) is 19.3 Å². The van der Waals surface area contributed by atoms with Crippen molar-refractivity contribution in [2.45, 2.75) is 13.5 Å². The number of hydrogen-bond donors (Lipinski definition) is 2. The van der Waals surface area contributed by atoms with Crippen molar-refractivity contribution in [1.82, 2.24) is 10.6 Å². The van der Waals surface area contributed by atoms with Gasteiger partial charge in [-0.2, -0.15) is 0 Å². The lowest BCUT2D eigenvalue weighted by Crippen LogP contribution is -2.33. The third-order valence-corrected chi connectivity index (χ3v) is 1.82. The zero-order valence-corrected chi connectivity index (χ0v) is 8.82. The molecule has 4 heteroatoms. The number of carbonyl (C=O) groups is 1. The molecule has 1 rings (SSSR count). The van der Waals surface area contributed by atoms with Gasteiger partial charge in [-0.05, 0) is 12.1 Å². The molecule has 2 N–H and O–H groups in total. The van der Waals surface area contributed by atoms with Crippen molar-refractivity contribution in [1.29, 1.82) is 0 Å². The Morgan fingerprint density at radius 2 is 2.07 bits per heavy atom. The lowest BCUT2D eigenvalue weighted by Gasteiger charge is -2.06. The molecule has 1 amide bonds. The second-order valence-corrected chi connectivity index (χ2v) is 3.02. The Morgan fingerprint density at radius 1 is 1.33 bits per heavy atom. The highest BCUT2D eigenvalue weighted by Gasteiger charge is 2.00. The van der Waals surface area contributed by atoms with Crippen LogP contribution in [0.3, 0.4) is 0 Å². The average molecular weight is 208 g/mol. The molecule has 1 aromatic rings. The van der Waals surface area contributed by atoms with Crippen molar-refractivity contribution in [2.75, 3.05) is 13.2 Å². The van der Waals surface area contributed by atoms with E-state index in [0.717, 1.165) is 12.1 Å². The van der Waals surface area contributed by atoms with Gasteiger partial charge in [0, 0.05) is 0 Å². The van der Waals surface area contributed by atoms with E-state index in [4.69, 9.17) is 4.74 Å². The minimum Gasteiger partial charge on any atom is -0.445 e. The molecule has 0 saturated heterocycles. The number of rotatable bonds is 5. The molecule has 0 spiro atoms. The van der Waals surface area contributed by atoms with Crippen LogP contribution in [0.1, 0.15) is 12.5 Å². The van der Waals surface area contributed by atoms with Gasteiger partial charge in [-0.3, -0.25) is 0 Å². The summed E-state index contributed by atoms with van der Waals surface area (Å²) < 4.78 is 4.98. The summed E-state index contributed by atoms with van der Waals surface area (Å²) in [5, 5.41) is 5.55. The second kappa shape index (κ2) is 6.84. The molecule has 1 aromatic carbocycles. The average Bonchev–Trinajstić information content (AvgIpc) is 2.28. The molecule has 0 radical (unpaired) electrons. The molecular weight excluding hydrogens is 192 g/mol. The molecule has 15 heavy (non-hydrogen) atoms. The molecule has 0 saturated carbocycles. The van der Waals surface area contributed by atoms with E-state index < -0.39 is 6.09 Å². The first-order valence-corrected chi connectivity index (χ1v) is 4.98. The normalized spacial score (nSPS) is 9.67. The molecule has 0 bridgehead atoms. The highest BCUT2D eigenvalue weighted by molar-refractivity contribution is 5.66. The molecule has 0 atom stereocenters. The number of benzene rings is 1. The highest BCUT2D eigenvalue weighted by atomic mass is 16.5. The van der Waals surface area contributed by atoms with Crippen molar-refractivity contribution in [3.8, 4) is 0 Å². The van der Waals surface area contributed by atoms with Crippen molar-refractivity contribution in [3.05, 3.63) is 35.9 Å². The Labute approximate surface area is 89.6 Å². The Kier molecular flexibility index (Phi) is 5.25. The summed E-state index contributed by atoms with van der Waals surface area (Å²) in [5.74, 6) is 0. The van der Waals surface area contributed by atoms with Gasteiger partial charge in [0.2, 0.25) is 0 Å². The molecule has 0 aliphatic heterocycles. The first-order valence-electron chi connectivity index (χ1n) is 4.98. The zero-order chi connectivity index (χ0) is 10.9. The van der Waals surface area contributed by atoms with Crippen molar-refractivity contribution >= 4 is 6.09 Å². The summed E-state index contributed by atoms with van der Waals surface area (Å²) in [6.45, 7) is 3.53. The molecule has 0 unspecified atom stereocenters. The van der Waals surface area contributed by atoms with E-state index in [1.165, 1.54) is 0 Å². The maximum atomic E-state index is 11.1. The van der Waals surface area contributed by atoms with Crippen LogP contribution in [0.5, 0.6) is 0 Å². The summed E-state index contributed by atoms with van der Waals surface area (Å²) in [4.78, 5) is 11.1. The molecule has 0 aromatic heterocycles. The van der Waals surface area contributed by atoms with Crippen LogP contribution in [0.15, 0.2) is 30.3 Å². The number of nitrogens with one attached hydrogen (secondary N) is 2. The van der Waals surface area contributed by atoms with E-state index in [9.17, 15) is 4.79 Å². The van der Waals surface area contributed by atoms with Crippen molar-refractivity contribution < 1.29 is 9.53 Å². The van der Waals surface area contributed by atoms with Crippen LogP contribution >= 0.6 is 0 Å². The monoisotopic (exact) mass is 208 g/mol. The van der Waals surface area contributed by atoms with Crippen LogP contribution in [0.25, 0.3) is 0 Å². The summed E-state index contributed by atoms with van der Waals surface area (Å²) >= 11 is 0. The smallest absolute Gasteiger partial charge is 0.408 e. The first-order chi connectivity index (χ1) is 7.33. The summed E-state index contributed by atoms with van der Waals surface area (Å²) in [5.41, 5.74) is 0.983. The van der Waals surface area contributed by atoms with Gasteiger partial charge in [0.1, 0.15) is 6.61 Å². The van der Waals surface area contributed by atoms with E-state index in [0.29, 0.717) is 13.3 Å². The molecule has 0 aliphatic carbocycles. The van der Waals surface area contributed by atoms with E-state index in [1.807, 2.05) is 37.3 Å². The van der Waals surface area contributed by atoms with Gasteiger partial charge in [-0.15, -0.1) is 0 Å². The molecule has 82 valence electrons. The van der Waals surface area contributed by atoms with E-state index >= 15 is 0 Å². The fourth-order valence-electron chi connectivity index (χ4n) is 1.03. The summed E-state index contributed by atoms with van der Waals surface area (Å²) in [6.07, 6.45) is -0.403. The molecule has 0 aliphatic rings. The van der Waals surface area contributed by atoms with Crippen LogP contribution in [0, 0.1) is 0 Å². The Bertz CT molecular complexity index is 288. The fourth-order valence-corrected chi connectivity index (χ4v) is 1.03. The second-order valence-electron chi connectivity index (χ2n) is 3.02. The summed E-state index contributed by atoms with van der Waals surface area (Å²) in [6, 6.07) is 9.58. The maximum absolute atomic E-state index is 11.1. The Balaban J connectivity index is 2.17. The Morgan fingerprint density at radius 3 is 2.73 bits per heavy atom. The van der Waals surface area contributed by atoms with E-state index in [-0.39, 0.29) is 0 Å². The lowest BCUT2D eigenvalue weighted by molar-refractivity contribution is 0.139. The van der Waals surface area contributed by atoms with Gasteiger partial charge in [0.05, 0.1) is 6.67 Å². The minimum absolute atomic E-state index is 0.304. The van der Waals surface area contributed by atoms with Crippen molar-refractivity contribution in [3.63, 3.8) is 0 Å². The van der Waals surface area contributed by atoms with Crippen LogP contribution in [0.2, 0.25) is 0 Å². The first kappa shape index (κ1) is 11.5. The van der Waals surface area contributed by atoms with Gasteiger partial charge in [-0.1, -0.05) is 37.3 Å². The molecule has 4 nitrogen and oxygen atoms in total. The van der Waals surface area contributed by atoms with Gasteiger partial charge in [-0.25, -0.2) is 4.79 Å². The number of alkyl carbamates (subject to hydrolysis) is 1. The number of carbonyl (C=O) groups excluding carboxylic acids is 1. The SMILES string of the molecule is CCNCNC(=O)OCc1ccccc1. The quantitative estimate of drug-likeness (QED) is 0.569. The fraction of sp³-hybridized carbons (Fsp3) is 0.364. The topological polar surface area (TPSA) is 50.4 Å². The predicted octanol–water partition coefficient (Wildman–Crippen LogP) is 1.48. The number of amides is 1. The van der Waals surface area contributed by atoms with Gasteiger partial charge in [0.25, 0.3) is 0 Å². The molecule has 0 fully saturated rings. The van der Waals surface area contributed by atoms with Crippen molar-refractivity contribution in [2.24, 2.45) is 0 Å². The molecular formula is C11H16N2O2. The third kappa shape index (κ3) is 5.02. The maximum Gasteiger partial charge on any atom is 0.408 e. The van der Waals surface area contributed by atoms with Crippen LogP contribution in [-0.2, 0) is 11.3 Å². The zero-order valence-electron chi connectivity index (χ0n) is 8.82. The highest BCUT2D eigenvalue weighted by Crippen LogP contribution is 1.99. The van der Waals surface area contributed by atoms with E-state index in [1.54, 1.807) is 0 Å². The number of hydrogen-bond acceptors (Lipinski definition) is 3. The minimum atomic E-state index is -0.403. The Hall–Kier alpha value is -1.55. The number of ether oxygens (including phenoxy) is 1.